The molecule has 0 aliphatic carbocycles. The predicted octanol–water partition coefficient (Wildman–Crippen LogP) is 3.28. The molecule has 2 unspecified atom stereocenters. The SMILES string of the molecule is CCC(C)c1ccc2c(c1)C(C)C(=O)N2C. The van der Waals surface area contributed by atoms with Crippen molar-refractivity contribution in [2.75, 3.05) is 11.9 Å². The van der Waals surface area contributed by atoms with Gasteiger partial charge < -0.3 is 4.90 Å². The second-order valence-electron chi connectivity index (χ2n) is 4.75. The lowest BCUT2D eigenvalue weighted by atomic mass is 9.93. The Kier molecular flexibility index (Phi) is 2.75. The average Bonchev–Trinajstić information content (AvgIpc) is 2.53. The van der Waals surface area contributed by atoms with Crippen molar-refractivity contribution in [2.24, 2.45) is 0 Å². The van der Waals surface area contributed by atoms with Gasteiger partial charge in [-0.1, -0.05) is 26.0 Å². The van der Waals surface area contributed by atoms with Gasteiger partial charge in [0, 0.05) is 12.7 Å². The van der Waals surface area contributed by atoms with E-state index in [2.05, 4.69) is 32.0 Å². The Balaban J connectivity index is 2.45. The first-order valence-corrected chi connectivity index (χ1v) is 5.97. The summed E-state index contributed by atoms with van der Waals surface area (Å²) in [6.07, 6.45) is 1.14. The minimum absolute atomic E-state index is 0.0176. The lowest BCUT2D eigenvalue weighted by molar-refractivity contribution is -0.118. The van der Waals surface area contributed by atoms with Crippen LogP contribution in [0, 0.1) is 0 Å². The van der Waals surface area contributed by atoms with Crippen LogP contribution in [0.2, 0.25) is 0 Å². The van der Waals surface area contributed by atoms with Gasteiger partial charge >= 0.3 is 0 Å². The maximum Gasteiger partial charge on any atom is 0.234 e. The van der Waals surface area contributed by atoms with Gasteiger partial charge in [0.2, 0.25) is 5.91 Å². The fourth-order valence-corrected chi connectivity index (χ4v) is 2.31. The maximum absolute atomic E-state index is 11.8. The molecule has 0 aromatic heterocycles. The maximum atomic E-state index is 11.8. The number of benzene rings is 1. The van der Waals surface area contributed by atoms with E-state index < -0.39 is 0 Å². The molecule has 2 atom stereocenters. The molecule has 2 rings (SSSR count). The summed E-state index contributed by atoms with van der Waals surface area (Å²) in [5, 5.41) is 0. The molecule has 0 spiro atoms. The lowest BCUT2D eigenvalue weighted by Gasteiger charge is -2.13. The molecule has 1 aliphatic heterocycles. The molecule has 2 heteroatoms. The summed E-state index contributed by atoms with van der Waals surface area (Å²) >= 11 is 0. The largest absolute Gasteiger partial charge is 0.315 e. The quantitative estimate of drug-likeness (QED) is 0.744. The van der Waals surface area contributed by atoms with E-state index in [0.717, 1.165) is 12.1 Å². The van der Waals surface area contributed by atoms with Gasteiger partial charge in [0.15, 0.2) is 0 Å². The third-order valence-electron chi connectivity index (χ3n) is 3.76. The van der Waals surface area contributed by atoms with Crippen molar-refractivity contribution in [2.45, 2.75) is 39.0 Å². The van der Waals surface area contributed by atoms with E-state index >= 15 is 0 Å². The van der Waals surface area contributed by atoms with Gasteiger partial charge in [-0.25, -0.2) is 0 Å². The van der Waals surface area contributed by atoms with Crippen LogP contribution < -0.4 is 4.90 Å². The smallest absolute Gasteiger partial charge is 0.234 e. The van der Waals surface area contributed by atoms with Crippen LogP contribution in [0.5, 0.6) is 0 Å². The molecule has 0 saturated carbocycles. The number of anilines is 1. The number of hydrogen-bond donors (Lipinski definition) is 0. The number of amides is 1. The first-order chi connectivity index (χ1) is 7.56. The Labute approximate surface area is 97.3 Å². The van der Waals surface area contributed by atoms with Crippen molar-refractivity contribution in [1.82, 2.24) is 0 Å². The molecule has 0 N–H and O–H groups in total. The average molecular weight is 217 g/mol. The molecular formula is C14H19NO. The van der Waals surface area contributed by atoms with Crippen LogP contribution in [0.25, 0.3) is 0 Å². The Morgan fingerprint density at radius 3 is 2.75 bits per heavy atom. The highest BCUT2D eigenvalue weighted by molar-refractivity contribution is 6.04. The van der Waals surface area contributed by atoms with Gasteiger partial charge in [-0.2, -0.15) is 0 Å². The predicted molar refractivity (Wildman–Crippen MR) is 67.0 cm³/mol. The zero-order chi connectivity index (χ0) is 11.9. The van der Waals surface area contributed by atoms with Crippen molar-refractivity contribution in [3.05, 3.63) is 29.3 Å². The third kappa shape index (κ3) is 1.53. The summed E-state index contributed by atoms with van der Waals surface area (Å²) in [5.41, 5.74) is 3.60. The molecule has 1 aliphatic rings. The zero-order valence-corrected chi connectivity index (χ0v) is 10.4. The van der Waals surface area contributed by atoms with E-state index in [9.17, 15) is 4.79 Å². The second-order valence-corrected chi connectivity index (χ2v) is 4.75. The van der Waals surface area contributed by atoms with Crippen molar-refractivity contribution in [3.63, 3.8) is 0 Å². The van der Waals surface area contributed by atoms with E-state index in [4.69, 9.17) is 0 Å². The summed E-state index contributed by atoms with van der Waals surface area (Å²) in [6, 6.07) is 6.43. The fourth-order valence-electron chi connectivity index (χ4n) is 2.31. The van der Waals surface area contributed by atoms with Crippen LogP contribution in [0.3, 0.4) is 0 Å². The highest BCUT2D eigenvalue weighted by Crippen LogP contribution is 2.37. The highest BCUT2D eigenvalue weighted by Gasteiger charge is 2.31. The number of likely N-dealkylation sites (N-methyl/N-ethyl adjacent to an activating group) is 1. The van der Waals surface area contributed by atoms with Crippen LogP contribution in [-0.4, -0.2) is 13.0 Å². The third-order valence-corrected chi connectivity index (χ3v) is 3.76. The van der Waals surface area contributed by atoms with Crippen molar-refractivity contribution >= 4 is 11.6 Å². The normalized spacial score (nSPS) is 21.1. The molecule has 0 fully saturated rings. The topological polar surface area (TPSA) is 20.3 Å². The first-order valence-electron chi connectivity index (χ1n) is 5.97. The van der Waals surface area contributed by atoms with E-state index in [0.29, 0.717) is 5.92 Å². The minimum Gasteiger partial charge on any atom is -0.315 e. The van der Waals surface area contributed by atoms with Crippen molar-refractivity contribution < 1.29 is 4.79 Å². The van der Waals surface area contributed by atoms with Crippen molar-refractivity contribution in [1.29, 1.82) is 0 Å². The van der Waals surface area contributed by atoms with Crippen LogP contribution in [0.15, 0.2) is 18.2 Å². The molecule has 0 radical (unpaired) electrons. The van der Waals surface area contributed by atoms with Gasteiger partial charge in [0.25, 0.3) is 0 Å². The van der Waals surface area contributed by atoms with E-state index in [1.165, 1.54) is 11.1 Å². The summed E-state index contributed by atoms with van der Waals surface area (Å²) < 4.78 is 0. The summed E-state index contributed by atoms with van der Waals surface area (Å²) in [6.45, 7) is 6.41. The second kappa shape index (κ2) is 3.93. The number of rotatable bonds is 2. The molecule has 1 heterocycles. The van der Waals surface area contributed by atoms with Gasteiger partial charge in [-0.05, 0) is 36.5 Å². The van der Waals surface area contributed by atoms with Crippen LogP contribution in [0.4, 0.5) is 5.69 Å². The number of carbonyl (C=O) groups excluding carboxylic acids is 1. The first kappa shape index (κ1) is 11.2. The zero-order valence-electron chi connectivity index (χ0n) is 10.4. The Morgan fingerprint density at radius 2 is 2.12 bits per heavy atom. The van der Waals surface area contributed by atoms with Crippen molar-refractivity contribution in [3.8, 4) is 0 Å². The molecule has 86 valence electrons. The number of carbonyl (C=O) groups is 1. The Hall–Kier alpha value is -1.31. The van der Waals surface area contributed by atoms with Gasteiger partial charge in [0.05, 0.1) is 5.92 Å². The van der Waals surface area contributed by atoms with E-state index in [1.54, 1.807) is 4.90 Å². The van der Waals surface area contributed by atoms with Gasteiger partial charge in [0.1, 0.15) is 0 Å². The van der Waals surface area contributed by atoms with Crippen LogP contribution in [0.1, 0.15) is 50.2 Å². The lowest BCUT2D eigenvalue weighted by Crippen LogP contribution is -2.22. The Bertz CT molecular complexity index is 425. The number of nitrogens with zero attached hydrogens (tertiary/aromatic N) is 1. The molecule has 16 heavy (non-hydrogen) atoms. The summed E-state index contributed by atoms with van der Waals surface area (Å²) in [4.78, 5) is 13.6. The van der Waals surface area contributed by atoms with Gasteiger partial charge in [-0.15, -0.1) is 0 Å². The van der Waals surface area contributed by atoms with Crippen LogP contribution in [-0.2, 0) is 4.79 Å². The molecule has 1 aromatic carbocycles. The number of fused-ring (bicyclic) bond motifs is 1. The highest BCUT2D eigenvalue weighted by atomic mass is 16.2. The fraction of sp³-hybridized carbons (Fsp3) is 0.500. The Morgan fingerprint density at radius 1 is 1.44 bits per heavy atom. The monoisotopic (exact) mass is 217 g/mol. The van der Waals surface area contributed by atoms with E-state index in [-0.39, 0.29) is 11.8 Å². The van der Waals surface area contributed by atoms with Crippen LogP contribution >= 0.6 is 0 Å². The molecule has 0 saturated heterocycles. The minimum atomic E-state index is 0.0176. The standard InChI is InChI=1S/C14H19NO/c1-5-9(2)11-6-7-13-12(8-11)10(3)14(16)15(13)4/h6-10H,5H2,1-4H3. The molecule has 1 aromatic rings. The molecule has 0 bridgehead atoms. The van der Waals surface area contributed by atoms with E-state index in [1.807, 2.05) is 14.0 Å². The molecular weight excluding hydrogens is 198 g/mol. The number of hydrogen-bond acceptors (Lipinski definition) is 1. The summed E-state index contributed by atoms with van der Waals surface area (Å²) in [5.74, 6) is 0.791. The summed E-state index contributed by atoms with van der Waals surface area (Å²) in [7, 11) is 1.85. The van der Waals surface area contributed by atoms with Gasteiger partial charge in [-0.3, -0.25) is 4.79 Å². The molecule has 1 amide bonds. The molecule has 2 nitrogen and oxygen atoms in total.